The molecule has 3 fully saturated rings. The number of esters is 8. The molecule has 0 aliphatic heterocycles. The number of carbonyl (C=O) groups excluding carboxylic acids is 8. The van der Waals surface area contributed by atoms with Crippen LogP contribution in [0.1, 0.15) is 401 Å². The molecule has 121 heavy (non-hydrogen) atoms. The van der Waals surface area contributed by atoms with Gasteiger partial charge in [0.1, 0.15) is 18.3 Å². The third kappa shape index (κ3) is 51.2. The van der Waals surface area contributed by atoms with E-state index in [1.54, 1.807) is 0 Å². The van der Waals surface area contributed by atoms with Crippen molar-refractivity contribution >= 4 is 47.8 Å². The summed E-state index contributed by atoms with van der Waals surface area (Å²) < 4.78 is 90.6. The highest BCUT2D eigenvalue weighted by Crippen LogP contribution is 2.41. The summed E-state index contributed by atoms with van der Waals surface area (Å²) in [5.41, 5.74) is 0. The van der Waals surface area contributed by atoms with Gasteiger partial charge in [0.05, 0.1) is 42.9 Å². The summed E-state index contributed by atoms with van der Waals surface area (Å²) in [5.74, 6) is -7.62. The van der Waals surface area contributed by atoms with E-state index in [1.807, 2.05) is 0 Å². The van der Waals surface area contributed by atoms with Gasteiger partial charge in [0, 0.05) is 80.9 Å². The highest BCUT2D eigenvalue weighted by Gasteiger charge is 2.49. The average molecular weight is 1710 g/mol. The van der Waals surface area contributed by atoms with Crippen LogP contribution in [0.5, 0.6) is 0 Å². The van der Waals surface area contributed by atoms with Crippen molar-refractivity contribution in [3.63, 3.8) is 0 Å². The van der Waals surface area contributed by atoms with Gasteiger partial charge in [-0.15, -0.1) is 0 Å². The number of rotatable bonds is 77. The molecular formula is C99H166O22. The first-order chi connectivity index (χ1) is 58.8. The van der Waals surface area contributed by atoms with Crippen LogP contribution in [0.15, 0.2) is 75.9 Å². The SMILES string of the molecule is C=CC(=O)OC(CCCCCCCCC)OCC1CC(C(=O)OC2CCC(OC(=O)C3CC(OC(CCCCCCCCC)OC(=O)C=C)C(OC(CCCCCCCCC)OC(=O)C=C)C(OC(CCCCCCCCC)OC(=O)C=C)C3)CC2)CC(OC(CCCCCCCCC)OC(=O)C=C)C1OC(CCCCCCCCC)OC(=O)C=C. The van der Waals surface area contributed by atoms with Crippen molar-refractivity contribution in [2.45, 2.75) is 482 Å². The lowest BCUT2D eigenvalue weighted by atomic mass is 9.77. The summed E-state index contributed by atoms with van der Waals surface area (Å²) in [7, 11) is 0. The summed E-state index contributed by atoms with van der Waals surface area (Å²) in [6.07, 6.45) is 39.1. The van der Waals surface area contributed by atoms with Gasteiger partial charge >= 0.3 is 47.8 Å². The molecular weight excluding hydrogens is 1540 g/mol. The summed E-state index contributed by atoms with van der Waals surface area (Å²) >= 11 is 0. The predicted octanol–water partition coefficient (Wildman–Crippen LogP) is 23.9. The molecule has 0 aromatic heterocycles. The van der Waals surface area contributed by atoms with Crippen molar-refractivity contribution in [2.24, 2.45) is 17.8 Å². The lowest BCUT2D eigenvalue weighted by Gasteiger charge is -2.43. The maximum absolute atomic E-state index is 15.3. The highest BCUT2D eigenvalue weighted by atomic mass is 16.8. The molecule has 0 aromatic rings. The average Bonchev–Trinajstić information content (AvgIpc) is 0.802. The van der Waals surface area contributed by atoms with E-state index in [0.29, 0.717) is 103 Å². The van der Waals surface area contributed by atoms with Crippen LogP contribution in [0, 0.1) is 17.8 Å². The maximum Gasteiger partial charge on any atom is 0.332 e. The van der Waals surface area contributed by atoms with E-state index in [-0.39, 0.29) is 32.3 Å². The molecule has 0 spiro atoms. The minimum atomic E-state index is -1.12. The lowest BCUT2D eigenvalue weighted by Crippen LogP contribution is -2.54. The Labute approximate surface area is 730 Å². The molecule has 22 nitrogen and oxygen atoms in total. The summed E-state index contributed by atoms with van der Waals surface area (Å²) in [5, 5.41) is 0. The first-order valence-electron chi connectivity index (χ1n) is 48.1. The van der Waals surface area contributed by atoms with Crippen LogP contribution in [0.4, 0.5) is 0 Å². The number of hydrogen-bond donors (Lipinski definition) is 0. The van der Waals surface area contributed by atoms with Crippen LogP contribution >= 0.6 is 0 Å². The molecule has 3 rings (SSSR count). The number of carbonyl (C=O) groups is 8. The fourth-order valence-electron chi connectivity index (χ4n) is 16.4. The van der Waals surface area contributed by atoms with Gasteiger partial charge < -0.3 is 66.3 Å². The van der Waals surface area contributed by atoms with Crippen LogP contribution in [-0.2, 0) is 105 Å². The molecule has 0 heterocycles. The summed E-state index contributed by atoms with van der Waals surface area (Å²) in [4.78, 5) is 110. The fraction of sp³-hybridized carbons (Fsp3) is 0.798. The van der Waals surface area contributed by atoms with E-state index in [0.717, 1.165) is 268 Å². The van der Waals surface area contributed by atoms with Crippen LogP contribution in [0.3, 0.4) is 0 Å². The van der Waals surface area contributed by atoms with Crippen LogP contribution in [-0.4, -0.2) is 135 Å². The van der Waals surface area contributed by atoms with Crippen molar-refractivity contribution < 1.29 is 105 Å². The van der Waals surface area contributed by atoms with Gasteiger partial charge in [0.2, 0.25) is 37.7 Å². The molecule has 0 N–H and O–H groups in total. The van der Waals surface area contributed by atoms with Crippen LogP contribution in [0.25, 0.3) is 0 Å². The van der Waals surface area contributed by atoms with Gasteiger partial charge in [0.25, 0.3) is 0 Å². The van der Waals surface area contributed by atoms with Gasteiger partial charge in [-0.3, -0.25) is 9.59 Å². The Balaban J connectivity index is 2.16. The second-order valence-corrected chi connectivity index (χ2v) is 33.8. The third-order valence-electron chi connectivity index (χ3n) is 23.4. The molecule has 0 radical (unpaired) electrons. The normalized spacial score (nSPS) is 21.1. The van der Waals surface area contributed by atoms with Crippen LogP contribution < -0.4 is 0 Å². The second kappa shape index (κ2) is 71.1. The molecule has 0 saturated heterocycles. The van der Waals surface area contributed by atoms with Crippen molar-refractivity contribution in [1.82, 2.24) is 0 Å². The Morgan fingerprint density at radius 2 is 0.471 bits per heavy atom. The van der Waals surface area contributed by atoms with Gasteiger partial charge in [0.15, 0.2) is 0 Å². The van der Waals surface area contributed by atoms with E-state index in [2.05, 4.69) is 81.0 Å². The Bertz CT molecular complexity index is 2760. The Kier molecular flexibility index (Phi) is 64.2. The molecule has 3 aliphatic carbocycles. The Morgan fingerprint density at radius 1 is 0.264 bits per heavy atom. The molecule has 0 aromatic carbocycles. The smallest absolute Gasteiger partial charge is 0.332 e. The maximum atomic E-state index is 15.3. The zero-order valence-corrected chi connectivity index (χ0v) is 76.2. The fourth-order valence-corrected chi connectivity index (χ4v) is 16.4. The summed E-state index contributed by atoms with van der Waals surface area (Å²) in [6, 6.07) is 0. The molecule has 3 aliphatic rings. The lowest BCUT2D eigenvalue weighted by molar-refractivity contribution is -0.282. The van der Waals surface area contributed by atoms with Crippen molar-refractivity contribution in [2.75, 3.05) is 6.61 Å². The van der Waals surface area contributed by atoms with Gasteiger partial charge in [-0.25, -0.2) is 28.8 Å². The highest BCUT2D eigenvalue weighted by molar-refractivity contribution is 5.83. The van der Waals surface area contributed by atoms with Crippen molar-refractivity contribution in [3.8, 4) is 0 Å². The monoisotopic (exact) mass is 1710 g/mol. The first-order valence-corrected chi connectivity index (χ1v) is 48.1. The van der Waals surface area contributed by atoms with E-state index in [1.165, 1.54) is 0 Å². The van der Waals surface area contributed by atoms with E-state index in [9.17, 15) is 28.8 Å². The van der Waals surface area contributed by atoms with Gasteiger partial charge in [-0.05, 0) is 89.9 Å². The largest absolute Gasteiger partial charge is 0.462 e. The van der Waals surface area contributed by atoms with Crippen LogP contribution in [0.2, 0.25) is 0 Å². The minimum Gasteiger partial charge on any atom is -0.462 e. The quantitative estimate of drug-likeness (QED) is 0.0180. The molecule has 694 valence electrons. The van der Waals surface area contributed by atoms with E-state index >= 15 is 9.59 Å². The molecule has 0 bridgehead atoms. The zero-order chi connectivity index (χ0) is 88.3. The molecule has 3 saturated carbocycles. The third-order valence-corrected chi connectivity index (χ3v) is 23.4. The topological polar surface area (TPSA) is 266 Å². The molecule has 22 heteroatoms. The molecule has 0 amide bonds. The number of unbranched alkanes of at least 4 members (excludes halogenated alkanes) is 36. The Hall–Kier alpha value is -6.04. The first kappa shape index (κ1) is 109. The second-order valence-electron chi connectivity index (χ2n) is 33.8. The van der Waals surface area contributed by atoms with E-state index < -0.39 is 146 Å². The number of ether oxygens (including phenoxy) is 14. The standard InChI is InChI=1S/C99H166O22/c1-13-25-31-37-43-49-55-61-90(114-84(100)19-7)108-75-78-71-76(72-81(111-91(115-85(101)20-8)62-56-50-44-38-32-26-14-2)96(78)120-94(118-88(104)23-11)65-59-53-47-41-35-29-17-5)98(106)109-79-67-69-80(70-68-79)110-99(107)77-73-82(112-92(116-86(102)21-9)63-57-51-45-39-33-27-15-3)97(121-95(119-89(105)24-12)66-60-54-48-42-36-30-18-6)83(74-77)113-93(117-87(103)22-10)64-58-52-46-40-34-28-16-4/h19-24,76-83,90-97H,7-18,25-75H2,1-6H3. The Morgan fingerprint density at radius 3 is 0.727 bits per heavy atom. The van der Waals surface area contributed by atoms with Crippen molar-refractivity contribution in [1.29, 1.82) is 0 Å². The van der Waals surface area contributed by atoms with Crippen molar-refractivity contribution in [3.05, 3.63) is 75.9 Å². The van der Waals surface area contributed by atoms with Gasteiger partial charge in [-0.1, -0.05) is 312 Å². The van der Waals surface area contributed by atoms with Gasteiger partial charge in [-0.2, -0.15) is 0 Å². The molecule has 12 atom stereocenters. The predicted molar refractivity (Wildman–Crippen MR) is 474 cm³/mol. The van der Waals surface area contributed by atoms with E-state index in [4.69, 9.17) is 66.3 Å². The summed E-state index contributed by atoms with van der Waals surface area (Å²) in [6.45, 7) is 35.1. The zero-order valence-electron chi connectivity index (χ0n) is 76.2. The number of hydrogen-bond acceptors (Lipinski definition) is 22. The minimum absolute atomic E-state index is 0.00410. The molecule has 12 unspecified atom stereocenters.